The summed E-state index contributed by atoms with van der Waals surface area (Å²) in [5.41, 5.74) is 1.41. The number of benzene rings is 1. The monoisotopic (exact) mass is 353 g/mol. The van der Waals surface area contributed by atoms with E-state index in [1.54, 1.807) is 38.1 Å². The molecule has 0 unspecified atom stereocenters. The Labute approximate surface area is 146 Å². The van der Waals surface area contributed by atoms with Crippen LogP contribution in [0.3, 0.4) is 0 Å². The average molecular weight is 353 g/mol. The molecule has 0 heterocycles. The van der Waals surface area contributed by atoms with Gasteiger partial charge in [-0.15, -0.1) is 0 Å². The highest BCUT2D eigenvalue weighted by molar-refractivity contribution is 5.92. The zero-order chi connectivity index (χ0) is 19.0. The molecular weight excluding hydrogens is 330 g/mol. The molecular formula is C16H23N3O6. The van der Waals surface area contributed by atoms with Crippen molar-refractivity contribution < 1.29 is 29.1 Å². The number of hydrogen-bond donors (Lipinski definition) is 2. The fraction of sp³-hybridized carbons (Fsp3) is 0.438. The minimum Gasteiger partial charge on any atom is -0.463 e. The normalized spacial score (nSPS) is 10.3. The van der Waals surface area contributed by atoms with E-state index in [9.17, 15) is 14.4 Å². The maximum absolute atomic E-state index is 11.8. The molecule has 0 saturated heterocycles. The number of anilines is 1. The molecule has 0 radical (unpaired) electrons. The Balaban J connectivity index is 2.42. The van der Waals surface area contributed by atoms with E-state index in [0.717, 1.165) is 10.5 Å². The summed E-state index contributed by atoms with van der Waals surface area (Å²) in [7, 11) is 2.63. The van der Waals surface area contributed by atoms with Crippen LogP contribution >= 0.6 is 0 Å². The van der Waals surface area contributed by atoms with Gasteiger partial charge in [0.15, 0.2) is 6.73 Å². The van der Waals surface area contributed by atoms with Crippen LogP contribution in [-0.2, 0) is 21.0 Å². The highest BCUT2D eigenvalue weighted by Gasteiger charge is 2.13. The minimum atomic E-state index is -1.27. The SMILES string of the molecule is CC(C)C(=O)Nc1ccc(COC(=O)N(C)CON(C)C(=O)O)cc1. The molecule has 1 rings (SSSR count). The van der Waals surface area contributed by atoms with Crippen molar-refractivity contribution in [2.45, 2.75) is 20.5 Å². The summed E-state index contributed by atoms with van der Waals surface area (Å²) in [6, 6.07) is 6.91. The van der Waals surface area contributed by atoms with Crippen molar-refractivity contribution in [1.82, 2.24) is 9.96 Å². The first kappa shape index (κ1) is 20.2. The summed E-state index contributed by atoms with van der Waals surface area (Å²) in [4.78, 5) is 39.9. The molecule has 25 heavy (non-hydrogen) atoms. The third kappa shape index (κ3) is 7.08. The number of amides is 3. The number of hydrogen-bond acceptors (Lipinski definition) is 5. The standard InChI is InChI=1S/C16H23N3O6/c1-11(2)14(20)17-13-7-5-12(6-8-13)9-24-16(23)18(3)10-25-19(4)15(21)22/h5-8,11H,9-10H2,1-4H3,(H,17,20)(H,21,22). The van der Waals surface area contributed by atoms with Gasteiger partial charge in [-0.3, -0.25) is 9.69 Å². The first-order valence-electron chi connectivity index (χ1n) is 7.58. The van der Waals surface area contributed by atoms with E-state index in [1.807, 2.05) is 0 Å². The molecule has 0 aliphatic heterocycles. The van der Waals surface area contributed by atoms with Crippen molar-refractivity contribution in [2.24, 2.45) is 5.92 Å². The van der Waals surface area contributed by atoms with E-state index in [0.29, 0.717) is 10.8 Å². The molecule has 9 heteroatoms. The summed E-state index contributed by atoms with van der Waals surface area (Å²) in [6.45, 7) is 3.38. The molecule has 0 aromatic heterocycles. The minimum absolute atomic E-state index is 0.0380. The van der Waals surface area contributed by atoms with E-state index in [-0.39, 0.29) is 25.2 Å². The number of rotatable bonds is 7. The largest absolute Gasteiger partial charge is 0.463 e. The Hall–Kier alpha value is -2.81. The van der Waals surface area contributed by atoms with E-state index in [1.165, 1.54) is 14.1 Å². The maximum atomic E-state index is 11.8. The first-order chi connectivity index (χ1) is 11.7. The van der Waals surface area contributed by atoms with Gasteiger partial charge < -0.3 is 15.2 Å². The molecule has 0 spiro atoms. The Morgan fingerprint density at radius 2 is 1.76 bits per heavy atom. The van der Waals surface area contributed by atoms with Gasteiger partial charge in [-0.1, -0.05) is 26.0 Å². The summed E-state index contributed by atoms with van der Waals surface area (Å²) in [6.07, 6.45) is -1.93. The number of hydroxylamine groups is 2. The smallest absolute Gasteiger partial charge is 0.431 e. The van der Waals surface area contributed by atoms with Crippen LogP contribution in [0.25, 0.3) is 0 Å². The van der Waals surface area contributed by atoms with Crippen molar-refractivity contribution in [3.8, 4) is 0 Å². The number of ether oxygens (including phenoxy) is 1. The van der Waals surface area contributed by atoms with E-state index >= 15 is 0 Å². The van der Waals surface area contributed by atoms with Gasteiger partial charge in [0.25, 0.3) is 0 Å². The zero-order valence-corrected chi connectivity index (χ0v) is 14.7. The van der Waals surface area contributed by atoms with Gasteiger partial charge in [0.05, 0.1) is 0 Å². The second-order valence-corrected chi connectivity index (χ2v) is 5.63. The highest BCUT2D eigenvalue weighted by Crippen LogP contribution is 2.12. The molecule has 0 fully saturated rings. The van der Waals surface area contributed by atoms with E-state index in [2.05, 4.69) is 5.32 Å². The van der Waals surface area contributed by atoms with Crippen LogP contribution in [0.2, 0.25) is 0 Å². The number of nitrogens with one attached hydrogen (secondary N) is 1. The predicted octanol–water partition coefficient (Wildman–Crippen LogP) is 2.35. The van der Waals surface area contributed by atoms with Crippen molar-refractivity contribution >= 4 is 23.8 Å². The van der Waals surface area contributed by atoms with Crippen LogP contribution in [0.4, 0.5) is 15.3 Å². The van der Waals surface area contributed by atoms with Gasteiger partial charge in [-0.05, 0) is 17.7 Å². The Kier molecular flexibility index (Phi) is 7.67. The lowest BCUT2D eigenvalue weighted by molar-refractivity contribution is -0.142. The molecule has 1 aromatic carbocycles. The lowest BCUT2D eigenvalue weighted by atomic mass is 10.2. The third-order valence-electron chi connectivity index (χ3n) is 3.13. The maximum Gasteiger partial charge on any atom is 0.431 e. The van der Waals surface area contributed by atoms with E-state index in [4.69, 9.17) is 14.7 Å². The van der Waals surface area contributed by atoms with Crippen LogP contribution in [-0.4, -0.2) is 54.0 Å². The Morgan fingerprint density at radius 3 is 2.28 bits per heavy atom. The molecule has 9 nitrogen and oxygen atoms in total. The molecule has 3 amide bonds. The Morgan fingerprint density at radius 1 is 1.16 bits per heavy atom. The molecule has 138 valence electrons. The quantitative estimate of drug-likeness (QED) is 0.575. The molecule has 1 aromatic rings. The molecule has 2 N–H and O–H groups in total. The lowest BCUT2D eigenvalue weighted by Gasteiger charge is -2.19. The summed E-state index contributed by atoms with van der Waals surface area (Å²) >= 11 is 0. The molecule has 0 bridgehead atoms. The number of carbonyl (C=O) groups is 3. The molecule has 0 aliphatic carbocycles. The zero-order valence-electron chi connectivity index (χ0n) is 14.7. The van der Waals surface area contributed by atoms with Crippen LogP contribution in [0.5, 0.6) is 0 Å². The second-order valence-electron chi connectivity index (χ2n) is 5.63. The van der Waals surface area contributed by atoms with Crippen molar-refractivity contribution in [1.29, 1.82) is 0 Å². The van der Waals surface area contributed by atoms with Crippen LogP contribution in [0.1, 0.15) is 19.4 Å². The van der Waals surface area contributed by atoms with Crippen LogP contribution in [0, 0.1) is 5.92 Å². The Bertz CT molecular complexity index is 602. The van der Waals surface area contributed by atoms with Crippen LogP contribution in [0.15, 0.2) is 24.3 Å². The van der Waals surface area contributed by atoms with E-state index < -0.39 is 12.2 Å². The van der Waals surface area contributed by atoms with Crippen molar-refractivity contribution in [3.63, 3.8) is 0 Å². The fourth-order valence-corrected chi connectivity index (χ4v) is 1.51. The summed E-state index contributed by atoms with van der Waals surface area (Å²) in [5.74, 6) is -0.189. The van der Waals surface area contributed by atoms with Gasteiger partial charge >= 0.3 is 12.2 Å². The van der Waals surface area contributed by atoms with Gasteiger partial charge in [-0.25, -0.2) is 14.4 Å². The second kappa shape index (κ2) is 9.48. The van der Waals surface area contributed by atoms with Gasteiger partial charge in [0.2, 0.25) is 5.91 Å². The number of nitrogens with zero attached hydrogens (tertiary/aromatic N) is 2. The fourth-order valence-electron chi connectivity index (χ4n) is 1.51. The lowest BCUT2D eigenvalue weighted by Crippen LogP contribution is -2.35. The third-order valence-corrected chi connectivity index (χ3v) is 3.13. The summed E-state index contributed by atoms with van der Waals surface area (Å²) in [5, 5.41) is 12.0. The number of carbonyl (C=O) groups excluding carboxylic acids is 2. The van der Waals surface area contributed by atoms with Gasteiger partial charge in [-0.2, -0.15) is 5.06 Å². The van der Waals surface area contributed by atoms with Crippen LogP contribution < -0.4 is 5.32 Å². The van der Waals surface area contributed by atoms with Crippen molar-refractivity contribution in [3.05, 3.63) is 29.8 Å². The summed E-state index contributed by atoms with van der Waals surface area (Å²) < 4.78 is 5.10. The average Bonchev–Trinajstić information content (AvgIpc) is 2.57. The highest BCUT2D eigenvalue weighted by atomic mass is 16.7. The molecule has 0 atom stereocenters. The van der Waals surface area contributed by atoms with Gasteiger partial charge in [0.1, 0.15) is 6.61 Å². The first-order valence-corrected chi connectivity index (χ1v) is 7.58. The molecule has 0 aliphatic rings. The predicted molar refractivity (Wildman–Crippen MR) is 89.6 cm³/mol. The topological polar surface area (TPSA) is 108 Å². The van der Waals surface area contributed by atoms with Crippen molar-refractivity contribution in [2.75, 3.05) is 26.1 Å². The van der Waals surface area contributed by atoms with Gasteiger partial charge in [0, 0.05) is 25.7 Å². The molecule has 0 saturated carbocycles. The number of carboxylic acid groups (broad SMARTS) is 1.